The molecule has 2 aromatic carbocycles. The Labute approximate surface area is 164 Å². The molecule has 0 atom stereocenters. The SMILES string of the molecule is CCOc1cc(/C=C2/SC(=Nc3ccccc3)N(C)C2=O)cc(Br)c1O. The Kier molecular flexibility index (Phi) is 5.68. The first-order valence-corrected chi connectivity index (χ1v) is 9.57. The molecule has 0 bridgehead atoms. The van der Waals surface area contributed by atoms with Crippen molar-refractivity contribution in [2.24, 2.45) is 4.99 Å². The van der Waals surface area contributed by atoms with E-state index in [0.717, 1.165) is 11.3 Å². The van der Waals surface area contributed by atoms with Gasteiger partial charge in [0.2, 0.25) is 0 Å². The molecule has 1 aliphatic heterocycles. The van der Waals surface area contributed by atoms with Crippen LogP contribution in [0.2, 0.25) is 0 Å². The van der Waals surface area contributed by atoms with Crippen LogP contribution in [-0.2, 0) is 4.79 Å². The Morgan fingerprint density at radius 2 is 2.04 bits per heavy atom. The largest absolute Gasteiger partial charge is 0.503 e. The lowest BCUT2D eigenvalue weighted by atomic mass is 10.2. The summed E-state index contributed by atoms with van der Waals surface area (Å²) in [5.74, 6) is 0.297. The molecule has 1 heterocycles. The molecule has 1 fully saturated rings. The molecule has 0 aromatic heterocycles. The number of phenols is 1. The summed E-state index contributed by atoms with van der Waals surface area (Å²) in [6.45, 7) is 2.28. The molecule has 26 heavy (non-hydrogen) atoms. The predicted octanol–water partition coefficient (Wildman–Crippen LogP) is 4.79. The lowest BCUT2D eigenvalue weighted by molar-refractivity contribution is -0.121. The Balaban J connectivity index is 1.92. The van der Waals surface area contributed by atoms with Gasteiger partial charge in [-0.25, -0.2) is 4.99 Å². The highest BCUT2D eigenvalue weighted by Gasteiger charge is 2.30. The van der Waals surface area contributed by atoms with Crippen molar-refractivity contribution in [2.75, 3.05) is 13.7 Å². The van der Waals surface area contributed by atoms with Crippen LogP contribution in [0.5, 0.6) is 11.5 Å². The van der Waals surface area contributed by atoms with Crippen molar-refractivity contribution in [3.63, 3.8) is 0 Å². The van der Waals surface area contributed by atoms with Gasteiger partial charge in [-0.1, -0.05) is 18.2 Å². The Morgan fingerprint density at radius 1 is 1.31 bits per heavy atom. The topological polar surface area (TPSA) is 62.1 Å². The van der Waals surface area contributed by atoms with E-state index in [2.05, 4.69) is 20.9 Å². The fourth-order valence-corrected chi connectivity index (χ4v) is 3.81. The minimum atomic E-state index is -0.119. The number of hydrogen-bond donors (Lipinski definition) is 1. The number of phenolic OH excluding ortho intramolecular Hbond substituents is 1. The molecule has 2 aromatic rings. The van der Waals surface area contributed by atoms with Crippen molar-refractivity contribution in [3.8, 4) is 11.5 Å². The van der Waals surface area contributed by atoms with Crippen LogP contribution < -0.4 is 4.74 Å². The summed E-state index contributed by atoms with van der Waals surface area (Å²) >= 11 is 4.63. The molecular formula is C19H17BrN2O3S. The third-order valence-electron chi connectivity index (χ3n) is 3.63. The average Bonchev–Trinajstić information content (AvgIpc) is 2.88. The normalized spacial score (nSPS) is 17.3. The van der Waals surface area contributed by atoms with Gasteiger partial charge >= 0.3 is 0 Å². The summed E-state index contributed by atoms with van der Waals surface area (Å²) in [6, 6.07) is 13.0. The number of aliphatic imine (C=N–C) groups is 1. The number of ether oxygens (including phenoxy) is 1. The van der Waals surface area contributed by atoms with Gasteiger partial charge in [0.05, 0.1) is 21.7 Å². The number of hydrogen-bond acceptors (Lipinski definition) is 5. The molecule has 1 N–H and O–H groups in total. The molecule has 5 nitrogen and oxygen atoms in total. The number of benzene rings is 2. The van der Waals surface area contributed by atoms with E-state index in [1.54, 1.807) is 25.3 Å². The number of likely N-dealkylation sites (N-methyl/N-ethyl adjacent to an activating group) is 1. The van der Waals surface area contributed by atoms with E-state index in [1.807, 2.05) is 37.3 Å². The first-order chi connectivity index (χ1) is 12.5. The van der Waals surface area contributed by atoms with Gasteiger partial charge in [0, 0.05) is 7.05 Å². The zero-order chi connectivity index (χ0) is 18.7. The second-order valence-corrected chi connectivity index (χ2v) is 7.35. The van der Waals surface area contributed by atoms with Gasteiger partial charge in [0.15, 0.2) is 16.7 Å². The summed E-state index contributed by atoms with van der Waals surface area (Å²) in [7, 11) is 1.70. The van der Waals surface area contributed by atoms with Crippen molar-refractivity contribution in [1.82, 2.24) is 4.90 Å². The van der Waals surface area contributed by atoms with E-state index in [9.17, 15) is 9.90 Å². The highest BCUT2D eigenvalue weighted by molar-refractivity contribution is 9.10. The fourth-order valence-electron chi connectivity index (χ4n) is 2.36. The maximum absolute atomic E-state index is 12.5. The van der Waals surface area contributed by atoms with Crippen molar-refractivity contribution in [3.05, 3.63) is 57.4 Å². The van der Waals surface area contributed by atoms with Gasteiger partial charge in [-0.3, -0.25) is 9.69 Å². The number of halogens is 1. The smallest absolute Gasteiger partial charge is 0.266 e. The van der Waals surface area contributed by atoms with E-state index in [0.29, 0.717) is 26.9 Å². The van der Waals surface area contributed by atoms with Gasteiger partial charge in [0.25, 0.3) is 5.91 Å². The molecule has 0 saturated carbocycles. The Bertz CT molecular complexity index is 897. The highest BCUT2D eigenvalue weighted by atomic mass is 79.9. The fraction of sp³-hybridized carbons (Fsp3) is 0.158. The first-order valence-electron chi connectivity index (χ1n) is 7.96. The molecule has 1 amide bonds. The molecule has 1 saturated heterocycles. The quantitative estimate of drug-likeness (QED) is 0.705. The number of nitrogens with zero attached hydrogens (tertiary/aromatic N) is 2. The molecule has 7 heteroatoms. The minimum Gasteiger partial charge on any atom is -0.503 e. The van der Waals surface area contributed by atoms with Crippen molar-refractivity contribution in [2.45, 2.75) is 6.92 Å². The van der Waals surface area contributed by atoms with Crippen LogP contribution in [0.3, 0.4) is 0 Å². The van der Waals surface area contributed by atoms with Gasteiger partial charge in [-0.15, -0.1) is 0 Å². The van der Waals surface area contributed by atoms with E-state index in [-0.39, 0.29) is 11.7 Å². The average molecular weight is 433 g/mol. The number of aromatic hydroxyl groups is 1. The van der Waals surface area contributed by atoms with E-state index in [4.69, 9.17) is 4.74 Å². The summed E-state index contributed by atoms with van der Waals surface area (Å²) in [6.07, 6.45) is 1.77. The molecule has 0 radical (unpaired) electrons. The van der Waals surface area contributed by atoms with Gasteiger partial charge < -0.3 is 9.84 Å². The molecule has 3 rings (SSSR count). The van der Waals surface area contributed by atoms with E-state index < -0.39 is 0 Å². The lowest BCUT2D eigenvalue weighted by Crippen LogP contribution is -2.23. The lowest BCUT2D eigenvalue weighted by Gasteiger charge is -2.09. The number of carbonyl (C=O) groups is 1. The third kappa shape index (κ3) is 3.94. The van der Waals surface area contributed by atoms with Gasteiger partial charge in [-0.05, 0) is 70.5 Å². The van der Waals surface area contributed by atoms with Gasteiger partial charge in [0.1, 0.15) is 0 Å². The number of amides is 1. The molecule has 0 unspecified atom stereocenters. The maximum Gasteiger partial charge on any atom is 0.266 e. The standard InChI is InChI=1S/C19H17BrN2O3S/c1-3-25-15-10-12(9-14(20)17(15)23)11-16-18(24)22(2)19(26-16)21-13-7-5-4-6-8-13/h4-11,23H,3H2,1-2H3/b16-11+,21-19?. The van der Waals surface area contributed by atoms with Crippen molar-refractivity contribution >= 4 is 50.5 Å². The molecular weight excluding hydrogens is 416 g/mol. The van der Waals surface area contributed by atoms with E-state index >= 15 is 0 Å². The van der Waals surface area contributed by atoms with Crippen molar-refractivity contribution < 1.29 is 14.6 Å². The zero-order valence-corrected chi connectivity index (χ0v) is 16.7. The number of carbonyl (C=O) groups excluding carboxylic acids is 1. The molecule has 0 aliphatic carbocycles. The highest BCUT2D eigenvalue weighted by Crippen LogP contribution is 2.38. The summed E-state index contributed by atoms with van der Waals surface area (Å²) in [5, 5.41) is 10.6. The van der Waals surface area contributed by atoms with Crippen LogP contribution in [-0.4, -0.2) is 34.7 Å². The van der Waals surface area contributed by atoms with Crippen LogP contribution in [0, 0.1) is 0 Å². The van der Waals surface area contributed by atoms with Crippen LogP contribution in [0.1, 0.15) is 12.5 Å². The van der Waals surface area contributed by atoms with Crippen LogP contribution in [0.15, 0.2) is 56.8 Å². The monoisotopic (exact) mass is 432 g/mol. The van der Waals surface area contributed by atoms with Crippen molar-refractivity contribution in [1.29, 1.82) is 0 Å². The third-order valence-corrected chi connectivity index (χ3v) is 5.30. The predicted molar refractivity (Wildman–Crippen MR) is 109 cm³/mol. The van der Waals surface area contributed by atoms with Crippen LogP contribution >= 0.6 is 27.7 Å². The Morgan fingerprint density at radius 3 is 2.73 bits per heavy atom. The van der Waals surface area contributed by atoms with Gasteiger partial charge in [-0.2, -0.15) is 0 Å². The minimum absolute atomic E-state index is 0.0443. The summed E-state index contributed by atoms with van der Waals surface area (Å²) in [5.41, 5.74) is 1.55. The molecule has 1 aliphatic rings. The first kappa shape index (κ1) is 18.5. The second kappa shape index (κ2) is 7.97. The Hall–Kier alpha value is -2.25. The number of rotatable bonds is 4. The number of thioether (sulfide) groups is 1. The maximum atomic E-state index is 12.5. The summed E-state index contributed by atoms with van der Waals surface area (Å²) < 4.78 is 5.95. The van der Waals surface area contributed by atoms with E-state index in [1.165, 1.54) is 16.7 Å². The zero-order valence-electron chi connectivity index (χ0n) is 14.3. The number of amidine groups is 1. The second-order valence-electron chi connectivity index (χ2n) is 5.49. The molecule has 134 valence electrons. The number of para-hydroxylation sites is 1. The summed E-state index contributed by atoms with van der Waals surface area (Å²) in [4.78, 5) is 19.2. The molecule has 0 spiro atoms. The van der Waals surface area contributed by atoms with Crippen LogP contribution in [0.4, 0.5) is 5.69 Å². The van der Waals surface area contributed by atoms with Crippen LogP contribution in [0.25, 0.3) is 6.08 Å².